The van der Waals surface area contributed by atoms with E-state index in [4.69, 9.17) is 5.11 Å². The molecule has 1 saturated carbocycles. The third kappa shape index (κ3) is 2.95. The van der Waals surface area contributed by atoms with Gasteiger partial charge in [-0.15, -0.1) is 11.3 Å². The summed E-state index contributed by atoms with van der Waals surface area (Å²) in [5, 5.41) is 14.5. The van der Waals surface area contributed by atoms with E-state index in [1.165, 1.54) is 0 Å². The maximum Gasteiger partial charge on any atom is 0.307 e. The van der Waals surface area contributed by atoms with E-state index in [9.17, 15) is 9.59 Å². The summed E-state index contributed by atoms with van der Waals surface area (Å²) in [6, 6.07) is 7.41. The highest BCUT2D eigenvalue weighted by Gasteiger charge is 2.48. The number of carbonyl (C=O) groups excluding carboxylic acids is 1. The van der Waals surface area contributed by atoms with Crippen LogP contribution in [0.15, 0.2) is 29.6 Å². The van der Waals surface area contributed by atoms with Crippen molar-refractivity contribution in [3.8, 4) is 10.6 Å². The molecule has 1 aromatic carbocycles. The van der Waals surface area contributed by atoms with Gasteiger partial charge in [0.2, 0.25) is 5.91 Å². The Balaban J connectivity index is 1.65. The first-order valence-electron chi connectivity index (χ1n) is 6.61. The predicted molar refractivity (Wildman–Crippen MR) is 80.1 cm³/mol. The average molecular weight is 302 g/mol. The van der Waals surface area contributed by atoms with Crippen LogP contribution in [-0.2, 0) is 9.59 Å². The van der Waals surface area contributed by atoms with E-state index in [0.29, 0.717) is 12.1 Å². The molecule has 0 radical (unpaired) electrons. The summed E-state index contributed by atoms with van der Waals surface area (Å²) < 4.78 is 0. The molecule has 21 heavy (non-hydrogen) atoms. The third-order valence-corrected chi connectivity index (χ3v) is 4.47. The van der Waals surface area contributed by atoms with Crippen LogP contribution in [-0.4, -0.2) is 22.0 Å². The first kappa shape index (κ1) is 13.8. The summed E-state index contributed by atoms with van der Waals surface area (Å²) in [5.74, 6) is -2.05. The van der Waals surface area contributed by atoms with E-state index in [0.717, 1.165) is 16.3 Å². The van der Waals surface area contributed by atoms with Gasteiger partial charge in [-0.3, -0.25) is 9.59 Å². The van der Waals surface area contributed by atoms with Crippen LogP contribution >= 0.6 is 11.3 Å². The Bertz CT molecular complexity index is 693. The van der Waals surface area contributed by atoms with Crippen LogP contribution in [0.3, 0.4) is 0 Å². The number of amides is 1. The number of carboxylic acids is 1. The number of benzene rings is 1. The fourth-order valence-corrected chi connectivity index (χ4v) is 2.98. The van der Waals surface area contributed by atoms with Crippen LogP contribution in [0, 0.1) is 18.8 Å². The van der Waals surface area contributed by atoms with Crippen molar-refractivity contribution in [1.82, 2.24) is 4.98 Å². The Morgan fingerprint density at radius 1 is 1.29 bits per heavy atom. The summed E-state index contributed by atoms with van der Waals surface area (Å²) in [6.07, 6.45) is 0.428. The van der Waals surface area contributed by atoms with Gasteiger partial charge in [0, 0.05) is 22.3 Å². The molecule has 0 unspecified atom stereocenters. The predicted octanol–water partition coefficient (Wildman–Crippen LogP) is 2.78. The zero-order valence-corrected chi connectivity index (χ0v) is 12.2. The molecule has 2 N–H and O–H groups in total. The van der Waals surface area contributed by atoms with Crippen molar-refractivity contribution in [3.05, 3.63) is 35.3 Å². The number of aryl methyl sites for hydroxylation is 1. The Morgan fingerprint density at radius 2 is 2.00 bits per heavy atom. The number of thiazole rings is 1. The lowest BCUT2D eigenvalue weighted by Gasteiger charge is -2.05. The zero-order chi connectivity index (χ0) is 15.0. The molecule has 0 spiro atoms. The molecule has 1 amide bonds. The number of anilines is 1. The van der Waals surface area contributed by atoms with E-state index in [1.54, 1.807) is 11.3 Å². The molecular weight excluding hydrogens is 288 g/mol. The van der Waals surface area contributed by atoms with Crippen LogP contribution in [0.1, 0.15) is 12.1 Å². The minimum absolute atomic E-state index is 0.222. The van der Waals surface area contributed by atoms with E-state index in [1.807, 2.05) is 36.6 Å². The monoisotopic (exact) mass is 302 g/mol. The van der Waals surface area contributed by atoms with Crippen molar-refractivity contribution in [3.63, 3.8) is 0 Å². The number of aliphatic carboxylic acids is 1. The smallest absolute Gasteiger partial charge is 0.307 e. The number of aromatic nitrogens is 1. The van der Waals surface area contributed by atoms with Crippen LogP contribution in [0.5, 0.6) is 0 Å². The number of nitrogens with zero attached hydrogens (tertiary/aromatic N) is 1. The van der Waals surface area contributed by atoms with Gasteiger partial charge < -0.3 is 10.4 Å². The van der Waals surface area contributed by atoms with Crippen LogP contribution in [0.2, 0.25) is 0 Å². The van der Waals surface area contributed by atoms with Gasteiger partial charge in [-0.05, 0) is 37.6 Å². The molecule has 0 aliphatic heterocycles. The SMILES string of the molecule is Cc1csc(-c2ccc(NC(=O)[C@H]3C[C@H]3C(=O)O)cc2)n1. The van der Waals surface area contributed by atoms with Crippen molar-refractivity contribution < 1.29 is 14.7 Å². The lowest BCUT2D eigenvalue weighted by atomic mass is 10.2. The second-order valence-electron chi connectivity index (χ2n) is 5.15. The fraction of sp³-hybridized carbons (Fsp3) is 0.267. The second kappa shape index (κ2) is 5.29. The molecule has 2 aromatic rings. The van der Waals surface area contributed by atoms with Crippen LogP contribution < -0.4 is 5.32 Å². The van der Waals surface area contributed by atoms with Gasteiger partial charge in [0.25, 0.3) is 0 Å². The topological polar surface area (TPSA) is 79.3 Å². The highest BCUT2D eigenvalue weighted by molar-refractivity contribution is 7.13. The van der Waals surface area contributed by atoms with Crippen LogP contribution in [0.25, 0.3) is 10.6 Å². The molecule has 0 bridgehead atoms. The summed E-state index contributed by atoms with van der Waals surface area (Å²) in [4.78, 5) is 27.0. The standard InChI is InChI=1S/C15H14N2O3S/c1-8-7-21-14(16-8)9-2-4-10(5-3-9)17-13(18)11-6-12(11)15(19)20/h2-5,7,11-12H,6H2,1H3,(H,17,18)(H,19,20)/t11-,12+/m0/s1. The molecule has 2 atom stereocenters. The van der Waals surface area contributed by atoms with Gasteiger partial charge in [-0.25, -0.2) is 4.98 Å². The summed E-state index contributed by atoms with van der Waals surface area (Å²) in [7, 11) is 0. The van der Waals surface area contributed by atoms with Gasteiger partial charge in [-0.1, -0.05) is 0 Å². The molecule has 1 aliphatic rings. The molecule has 0 saturated heterocycles. The number of rotatable bonds is 4. The number of hydrogen-bond acceptors (Lipinski definition) is 4. The lowest BCUT2D eigenvalue weighted by Crippen LogP contribution is -2.16. The Morgan fingerprint density at radius 3 is 2.52 bits per heavy atom. The number of hydrogen-bond donors (Lipinski definition) is 2. The minimum Gasteiger partial charge on any atom is -0.481 e. The van der Waals surface area contributed by atoms with Gasteiger partial charge in [-0.2, -0.15) is 0 Å². The van der Waals surface area contributed by atoms with Crippen molar-refractivity contribution in [2.75, 3.05) is 5.32 Å². The van der Waals surface area contributed by atoms with E-state index >= 15 is 0 Å². The summed E-state index contributed by atoms with van der Waals surface area (Å²) >= 11 is 1.58. The molecule has 1 fully saturated rings. The number of carbonyl (C=O) groups is 2. The zero-order valence-electron chi connectivity index (χ0n) is 11.4. The first-order valence-corrected chi connectivity index (χ1v) is 7.49. The van der Waals surface area contributed by atoms with Crippen molar-refractivity contribution in [2.24, 2.45) is 11.8 Å². The molecule has 5 nitrogen and oxygen atoms in total. The number of carboxylic acid groups (broad SMARTS) is 1. The third-order valence-electron chi connectivity index (χ3n) is 3.46. The lowest BCUT2D eigenvalue weighted by molar-refractivity contribution is -0.139. The van der Waals surface area contributed by atoms with Gasteiger partial charge in [0.1, 0.15) is 5.01 Å². The van der Waals surface area contributed by atoms with Crippen molar-refractivity contribution >= 4 is 28.9 Å². The maximum atomic E-state index is 11.9. The largest absolute Gasteiger partial charge is 0.481 e. The van der Waals surface area contributed by atoms with Crippen molar-refractivity contribution in [1.29, 1.82) is 0 Å². The first-order chi connectivity index (χ1) is 10.0. The molecule has 1 aliphatic carbocycles. The van der Waals surface area contributed by atoms with Gasteiger partial charge >= 0.3 is 5.97 Å². The van der Waals surface area contributed by atoms with Crippen molar-refractivity contribution in [2.45, 2.75) is 13.3 Å². The second-order valence-corrected chi connectivity index (χ2v) is 6.01. The Kier molecular flexibility index (Phi) is 3.47. The minimum atomic E-state index is -0.898. The summed E-state index contributed by atoms with van der Waals surface area (Å²) in [6.45, 7) is 1.95. The number of nitrogens with one attached hydrogen (secondary N) is 1. The molecule has 1 heterocycles. The van der Waals surface area contributed by atoms with Gasteiger partial charge in [0.05, 0.1) is 11.8 Å². The Hall–Kier alpha value is -2.21. The summed E-state index contributed by atoms with van der Waals surface area (Å²) in [5.41, 5.74) is 2.66. The van der Waals surface area contributed by atoms with Gasteiger partial charge in [0.15, 0.2) is 0 Å². The highest BCUT2D eigenvalue weighted by Crippen LogP contribution is 2.39. The maximum absolute atomic E-state index is 11.9. The van der Waals surface area contributed by atoms with E-state index in [-0.39, 0.29) is 5.91 Å². The van der Waals surface area contributed by atoms with Crippen LogP contribution in [0.4, 0.5) is 5.69 Å². The fourth-order valence-electron chi connectivity index (χ4n) is 2.18. The highest BCUT2D eigenvalue weighted by atomic mass is 32.1. The Labute approximate surface area is 125 Å². The van der Waals surface area contributed by atoms with E-state index < -0.39 is 17.8 Å². The average Bonchev–Trinajstić information content (AvgIpc) is 3.16. The van der Waals surface area contributed by atoms with E-state index in [2.05, 4.69) is 10.3 Å². The molecule has 6 heteroatoms. The quantitative estimate of drug-likeness (QED) is 0.910. The molecule has 1 aromatic heterocycles. The molecular formula is C15H14N2O3S. The molecule has 108 valence electrons. The molecule has 3 rings (SSSR count). The normalized spacial score (nSPS) is 20.0.